The number of amides is 1. The minimum absolute atomic E-state index is 0.0654. The summed E-state index contributed by atoms with van der Waals surface area (Å²) in [6.07, 6.45) is 2.56. The smallest absolute Gasteiger partial charge is 0.250 e. The zero-order valence-corrected chi connectivity index (χ0v) is 7.93. The number of primary amides is 1. The molecule has 1 aromatic rings. The third kappa shape index (κ3) is 1.43. The number of aromatic nitrogens is 1. The van der Waals surface area contributed by atoms with Crippen molar-refractivity contribution < 1.29 is 4.79 Å². The molecule has 0 spiro atoms. The van der Waals surface area contributed by atoms with Crippen molar-refractivity contribution in [2.24, 2.45) is 11.7 Å². The Hall–Kier alpha value is -1.58. The molecule has 2 atom stereocenters. The van der Waals surface area contributed by atoms with Gasteiger partial charge < -0.3 is 10.3 Å². The lowest BCUT2D eigenvalue weighted by Crippen LogP contribution is -2.21. The maximum Gasteiger partial charge on any atom is 0.250 e. The van der Waals surface area contributed by atoms with Gasteiger partial charge in [-0.05, 0) is 18.4 Å². The Morgan fingerprint density at radius 2 is 2.21 bits per heavy atom. The van der Waals surface area contributed by atoms with Gasteiger partial charge in [0.15, 0.2) is 0 Å². The van der Waals surface area contributed by atoms with E-state index in [0.29, 0.717) is 11.5 Å². The summed E-state index contributed by atoms with van der Waals surface area (Å²) in [6, 6.07) is 3.11. The first-order valence-corrected chi connectivity index (χ1v) is 4.61. The Kier molecular flexibility index (Phi) is 1.91. The summed E-state index contributed by atoms with van der Waals surface area (Å²) >= 11 is 0. The predicted molar refractivity (Wildman–Crippen MR) is 52.0 cm³/mol. The van der Waals surface area contributed by atoms with Crippen LogP contribution in [-0.4, -0.2) is 10.5 Å². The normalized spacial score (nSPS) is 24.6. The summed E-state index contributed by atoms with van der Waals surface area (Å²) in [4.78, 5) is 22.3. The number of pyridine rings is 1. The highest BCUT2D eigenvalue weighted by atomic mass is 16.1. The summed E-state index contributed by atoms with van der Waals surface area (Å²) in [5, 5.41) is 0. The second-order valence-electron chi connectivity index (χ2n) is 3.81. The van der Waals surface area contributed by atoms with Crippen LogP contribution < -0.4 is 11.3 Å². The zero-order valence-electron chi connectivity index (χ0n) is 7.93. The number of rotatable bonds is 2. The number of carbonyl (C=O) groups excluding carboxylic acids is 1. The molecule has 0 unspecified atom stereocenters. The number of hydrogen-bond acceptors (Lipinski definition) is 2. The van der Waals surface area contributed by atoms with E-state index in [1.807, 2.05) is 0 Å². The molecule has 14 heavy (non-hydrogen) atoms. The first-order chi connectivity index (χ1) is 6.59. The molecule has 4 heteroatoms. The van der Waals surface area contributed by atoms with Gasteiger partial charge in [-0.2, -0.15) is 0 Å². The first kappa shape index (κ1) is 8.99. The van der Waals surface area contributed by atoms with Crippen LogP contribution in [0.4, 0.5) is 0 Å². The van der Waals surface area contributed by atoms with Crippen molar-refractivity contribution in [2.45, 2.75) is 19.4 Å². The van der Waals surface area contributed by atoms with Gasteiger partial charge in [-0.3, -0.25) is 9.59 Å². The van der Waals surface area contributed by atoms with Crippen LogP contribution in [0.3, 0.4) is 0 Å². The maximum atomic E-state index is 11.4. The second kappa shape index (κ2) is 2.97. The van der Waals surface area contributed by atoms with Crippen LogP contribution in [0.1, 0.15) is 29.7 Å². The summed E-state index contributed by atoms with van der Waals surface area (Å²) in [7, 11) is 0. The molecule has 1 aliphatic rings. The van der Waals surface area contributed by atoms with Crippen LogP contribution >= 0.6 is 0 Å². The maximum absolute atomic E-state index is 11.4. The van der Waals surface area contributed by atoms with Crippen molar-refractivity contribution in [1.82, 2.24) is 4.57 Å². The van der Waals surface area contributed by atoms with Crippen molar-refractivity contribution in [1.29, 1.82) is 0 Å². The fourth-order valence-electron chi connectivity index (χ4n) is 1.60. The number of hydrogen-bond donors (Lipinski definition) is 1. The Morgan fingerprint density at radius 1 is 1.57 bits per heavy atom. The lowest BCUT2D eigenvalue weighted by Gasteiger charge is -2.04. The van der Waals surface area contributed by atoms with Gasteiger partial charge in [0.05, 0.1) is 5.56 Å². The highest BCUT2D eigenvalue weighted by Crippen LogP contribution is 2.41. The van der Waals surface area contributed by atoms with Gasteiger partial charge in [-0.15, -0.1) is 0 Å². The molecule has 0 bridgehead atoms. The van der Waals surface area contributed by atoms with Crippen LogP contribution in [0.2, 0.25) is 0 Å². The molecule has 74 valence electrons. The molecule has 1 heterocycles. The molecular weight excluding hydrogens is 180 g/mol. The van der Waals surface area contributed by atoms with Crippen LogP contribution in [0.15, 0.2) is 23.1 Å². The quantitative estimate of drug-likeness (QED) is 0.742. The van der Waals surface area contributed by atoms with E-state index >= 15 is 0 Å². The van der Waals surface area contributed by atoms with Gasteiger partial charge in [0, 0.05) is 18.3 Å². The monoisotopic (exact) mass is 192 g/mol. The van der Waals surface area contributed by atoms with Crippen LogP contribution in [0.25, 0.3) is 0 Å². The molecule has 4 nitrogen and oxygen atoms in total. The van der Waals surface area contributed by atoms with Crippen molar-refractivity contribution in [3.05, 3.63) is 34.2 Å². The summed E-state index contributed by atoms with van der Waals surface area (Å²) in [6.45, 7) is 2.08. The van der Waals surface area contributed by atoms with Crippen LogP contribution in [0.5, 0.6) is 0 Å². The zero-order chi connectivity index (χ0) is 10.3. The summed E-state index contributed by atoms with van der Waals surface area (Å²) in [5.74, 6) is 0.0304. The van der Waals surface area contributed by atoms with E-state index < -0.39 is 5.91 Å². The molecule has 0 radical (unpaired) electrons. The Balaban J connectivity index is 2.43. The topological polar surface area (TPSA) is 65.1 Å². The molecule has 0 saturated heterocycles. The summed E-state index contributed by atoms with van der Waals surface area (Å²) < 4.78 is 1.60. The highest BCUT2D eigenvalue weighted by Gasteiger charge is 2.34. The minimum Gasteiger partial charge on any atom is -0.366 e. The van der Waals surface area contributed by atoms with Crippen molar-refractivity contribution in [3.63, 3.8) is 0 Å². The SMILES string of the molecule is C[C@H]1C[C@@H]1n1cc(C(N)=O)ccc1=O. The van der Waals surface area contributed by atoms with Gasteiger partial charge in [0.25, 0.3) is 5.56 Å². The van der Waals surface area contributed by atoms with Crippen LogP contribution in [-0.2, 0) is 0 Å². The first-order valence-electron chi connectivity index (χ1n) is 4.61. The molecule has 0 aliphatic heterocycles. The second-order valence-corrected chi connectivity index (χ2v) is 3.81. The van der Waals surface area contributed by atoms with E-state index in [-0.39, 0.29) is 11.6 Å². The van der Waals surface area contributed by atoms with E-state index in [2.05, 4.69) is 6.92 Å². The fraction of sp³-hybridized carbons (Fsp3) is 0.400. The van der Waals surface area contributed by atoms with Gasteiger partial charge in [-0.25, -0.2) is 0 Å². The Labute approximate surface area is 81.3 Å². The number of nitrogens with zero attached hydrogens (tertiary/aromatic N) is 1. The van der Waals surface area contributed by atoms with E-state index in [1.165, 1.54) is 12.1 Å². The molecule has 0 aromatic carbocycles. The largest absolute Gasteiger partial charge is 0.366 e. The van der Waals surface area contributed by atoms with E-state index in [1.54, 1.807) is 10.8 Å². The molecule has 1 aromatic heterocycles. The Bertz CT molecular complexity index is 436. The highest BCUT2D eigenvalue weighted by molar-refractivity contribution is 5.92. The van der Waals surface area contributed by atoms with Crippen LogP contribution in [0, 0.1) is 5.92 Å². The van der Waals surface area contributed by atoms with E-state index in [4.69, 9.17) is 5.73 Å². The standard InChI is InChI=1S/C10H12N2O2/c1-6-4-8(6)12-5-7(10(11)14)2-3-9(12)13/h2-3,5-6,8H,4H2,1H3,(H2,11,14)/t6-,8-/m0/s1. The number of nitrogens with two attached hydrogens (primary N) is 1. The fourth-order valence-corrected chi connectivity index (χ4v) is 1.60. The lowest BCUT2D eigenvalue weighted by molar-refractivity contribution is 0.0999. The van der Waals surface area contributed by atoms with Crippen molar-refractivity contribution in [2.75, 3.05) is 0 Å². The third-order valence-electron chi connectivity index (χ3n) is 2.65. The number of carbonyl (C=O) groups is 1. The van der Waals surface area contributed by atoms with Gasteiger partial charge in [0.1, 0.15) is 0 Å². The van der Waals surface area contributed by atoms with Crippen molar-refractivity contribution in [3.8, 4) is 0 Å². The van der Waals surface area contributed by atoms with Gasteiger partial charge in [0.2, 0.25) is 5.91 Å². The molecule has 2 rings (SSSR count). The summed E-state index contributed by atoms with van der Waals surface area (Å²) in [5.41, 5.74) is 5.46. The molecule has 1 aliphatic carbocycles. The minimum atomic E-state index is -0.493. The van der Waals surface area contributed by atoms with E-state index in [0.717, 1.165) is 6.42 Å². The average molecular weight is 192 g/mol. The third-order valence-corrected chi connectivity index (χ3v) is 2.65. The molecule has 1 amide bonds. The van der Waals surface area contributed by atoms with E-state index in [9.17, 15) is 9.59 Å². The lowest BCUT2D eigenvalue weighted by atomic mass is 10.2. The Morgan fingerprint density at radius 3 is 2.71 bits per heavy atom. The van der Waals surface area contributed by atoms with Gasteiger partial charge >= 0.3 is 0 Å². The molecule has 2 N–H and O–H groups in total. The molecule has 1 fully saturated rings. The average Bonchev–Trinajstić information content (AvgIpc) is 2.83. The van der Waals surface area contributed by atoms with Crippen molar-refractivity contribution >= 4 is 5.91 Å². The predicted octanol–water partition coefficient (Wildman–Crippen LogP) is 0.528. The molecule has 1 saturated carbocycles. The molecular formula is C10H12N2O2. The van der Waals surface area contributed by atoms with Gasteiger partial charge in [-0.1, -0.05) is 6.92 Å².